The van der Waals surface area contributed by atoms with Crippen molar-refractivity contribution in [1.29, 1.82) is 0 Å². The minimum atomic E-state index is -2.93. The maximum absolute atomic E-state index is 12.5. The molecule has 1 amide bonds. The van der Waals surface area contributed by atoms with Gasteiger partial charge in [0.2, 0.25) is 5.91 Å². The van der Waals surface area contributed by atoms with E-state index in [9.17, 15) is 13.2 Å². The van der Waals surface area contributed by atoms with E-state index in [1.54, 1.807) is 19.6 Å². The summed E-state index contributed by atoms with van der Waals surface area (Å²) in [6.45, 7) is 0.927. The van der Waals surface area contributed by atoms with Gasteiger partial charge in [-0.15, -0.1) is 0 Å². The number of nitrogens with one attached hydrogen (secondary N) is 2. The molecule has 2 heterocycles. The zero-order valence-electron chi connectivity index (χ0n) is 15.0. The minimum absolute atomic E-state index is 0.0373. The molecule has 144 valence electrons. The van der Waals surface area contributed by atoms with E-state index in [-0.39, 0.29) is 29.2 Å². The van der Waals surface area contributed by atoms with Crippen molar-refractivity contribution in [1.82, 2.24) is 9.97 Å². The third kappa shape index (κ3) is 3.78. The largest absolute Gasteiger partial charge is 0.494 e. The summed E-state index contributed by atoms with van der Waals surface area (Å²) in [4.78, 5) is 21.6. The van der Waals surface area contributed by atoms with E-state index in [4.69, 9.17) is 4.74 Å². The predicted molar refractivity (Wildman–Crippen MR) is 102 cm³/mol. The Hall–Kier alpha value is -2.55. The van der Waals surface area contributed by atoms with Crippen molar-refractivity contribution < 1.29 is 17.9 Å². The van der Waals surface area contributed by atoms with Gasteiger partial charge in [-0.2, -0.15) is 0 Å². The van der Waals surface area contributed by atoms with Crippen LogP contribution in [0.1, 0.15) is 18.0 Å². The fraction of sp³-hybridized carbons (Fsp3) is 0.444. The SMILES string of the molecule is COc1cc(N2CCS(=O)(=O)CC2)ccc1NC(=O)[C@@H]1C[C@H]1c1cnc[nH]1. The molecule has 2 fully saturated rings. The van der Waals surface area contributed by atoms with Crippen LogP contribution in [0.5, 0.6) is 5.75 Å². The van der Waals surface area contributed by atoms with Gasteiger partial charge in [0.25, 0.3) is 0 Å². The van der Waals surface area contributed by atoms with Crippen LogP contribution in [-0.2, 0) is 14.6 Å². The Balaban J connectivity index is 1.44. The van der Waals surface area contributed by atoms with Crippen LogP contribution in [0, 0.1) is 5.92 Å². The second-order valence-electron chi connectivity index (χ2n) is 6.97. The Bertz CT molecular complexity index is 928. The summed E-state index contributed by atoms with van der Waals surface area (Å²) >= 11 is 0. The number of aromatic amines is 1. The third-order valence-corrected chi connectivity index (χ3v) is 6.81. The van der Waals surface area contributed by atoms with Gasteiger partial charge < -0.3 is 19.9 Å². The Labute approximate surface area is 157 Å². The van der Waals surface area contributed by atoms with Crippen LogP contribution in [0.3, 0.4) is 0 Å². The summed E-state index contributed by atoms with van der Waals surface area (Å²) in [6, 6.07) is 5.53. The van der Waals surface area contributed by atoms with Gasteiger partial charge in [0, 0.05) is 48.6 Å². The van der Waals surface area contributed by atoms with Crippen molar-refractivity contribution in [3.8, 4) is 5.75 Å². The number of rotatable bonds is 5. The predicted octanol–water partition coefficient (Wildman–Crippen LogP) is 1.40. The number of methoxy groups -OCH3 is 1. The van der Waals surface area contributed by atoms with Crippen molar-refractivity contribution in [3.05, 3.63) is 36.4 Å². The number of anilines is 2. The maximum Gasteiger partial charge on any atom is 0.228 e. The second kappa shape index (κ2) is 6.88. The lowest BCUT2D eigenvalue weighted by Crippen LogP contribution is -2.40. The number of hydrogen-bond acceptors (Lipinski definition) is 6. The lowest BCUT2D eigenvalue weighted by molar-refractivity contribution is -0.117. The van der Waals surface area contributed by atoms with Crippen molar-refractivity contribution in [2.24, 2.45) is 5.92 Å². The number of H-pyrrole nitrogens is 1. The van der Waals surface area contributed by atoms with Crippen LogP contribution in [0.15, 0.2) is 30.7 Å². The minimum Gasteiger partial charge on any atom is -0.494 e. The van der Waals surface area contributed by atoms with Gasteiger partial charge in [0.1, 0.15) is 5.75 Å². The highest BCUT2D eigenvalue weighted by Gasteiger charge is 2.45. The van der Waals surface area contributed by atoms with Crippen molar-refractivity contribution in [2.45, 2.75) is 12.3 Å². The van der Waals surface area contributed by atoms with Gasteiger partial charge in [-0.25, -0.2) is 13.4 Å². The fourth-order valence-electron chi connectivity index (χ4n) is 3.47. The van der Waals surface area contributed by atoms with Gasteiger partial charge in [0.05, 0.1) is 30.6 Å². The molecule has 1 aromatic carbocycles. The highest BCUT2D eigenvalue weighted by molar-refractivity contribution is 7.91. The maximum atomic E-state index is 12.5. The molecule has 1 aliphatic carbocycles. The first kappa shape index (κ1) is 17.8. The number of imidazole rings is 1. The number of ether oxygens (including phenoxy) is 1. The van der Waals surface area contributed by atoms with Crippen LogP contribution in [0.25, 0.3) is 0 Å². The average molecular weight is 390 g/mol. The average Bonchev–Trinajstić information content (AvgIpc) is 3.27. The molecule has 2 N–H and O–H groups in total. The topological polar surface area (TPSA) is 104 Å². The number of aromatic nitrogens is 2. The van der Waals surface area contributed by atoms with Crippen LogP contribution in [0.2, 0.25) is 0 Å². The Morgan fingerprint density at radius 3 is 2.78 bits per heavy atom. The van der Waals surface area contributed by atoms with Crippen molar-refractivity contribution in [3.63, 3.8) is 0 Å². The summed E-state index contributed by atoms with van der Waals surface area (Å²) < 4.78 is 28.6. The molecule has 1 aromatic heterocycles. The number of hydrogen-bond donors (Lipinski definition) is 2. The first-order chi connectivity index (χ1) is 13.0. The number of sulfone groups is 1. The number of nitrogens with zero attached hydrogens (tertiary/aromatic N) is 2. The number of carbonyl (C=O) groups is 1. The van der Waals surface area contributed by atoms with Crippen LogP contribution in [0.4, 0.5) is 11.4 Å². The van der Waals surface area contributed by atoms with Gasteiger partial charge in [0.15, 0.2) is 9.84 Å². The van der Waals surface area contributed by atoms with Crippen LogP contribution >= 0.6 is 0 Å². The first-order valence-electron chi connectivity index (χ1n) is 8.89. The number of benzene rings is 1. The van der Waals surface area contributed by atoms with E-state index in [0.29, 0.717) is 24.5 Å². The molecule has 0 radical (unpaired) electrons. The van der Waals surface area contributed by atoms with Crippen LogP contribution in [-0.4, -0.2) is 56.0 Å². The molecular weight excluding hydrogens is 368 g/mol. The summed E-state index contributed by atoms with van der Waals surface area (Å²) in [5, 5.41) is 2.95. The van der Waals surface area contributed by atoms with Crippen molar-refractivity contribution in [2.75, 3.05) is 41.9 Å². The molecule has 1 saturated carbocycles. The van der Waals surface area contributed by atoms with Gasteiger partial charge in [-0.05, 0) is 18.6 Å². The van der Waals surface area contributed by atoms with E-state index in [1.807, 2.05) is 23.1 Å². The van der Waals surface area contributed by atoms with Gasteiger partial charge >= 0.3 is 0 Å². The molecule has 9 heteroatoms. The first-order valence-corrected chi connectivity index (χ1v) is 10.7. The molecule has 27 heavy (non-hydrogen) atoms. The molecule has 1 saturated heterocycles. The second-order valence-corrected chi connectivity index (χ2v) is 9.27. The number of carbonyl (C=O) groups excluding carboxylic acids is 1. The lowest BCUT2D eigenvalue weighted by atomic mass is 10.2. The highest BCUT2D eigenvalue weighted by Crippen LogP contribution is 2.47. The lowest BCUT2D eigenvalue weighted by Gasteiger charge is -2.29. The fourth-order valence-corrected chi connectivity index (χ4v) is 4.68. The Morgan fingerprint density at radius 1 is 1.33 bits per heavy atom. The molecule has 4 rings (SSSR count). The smallest absolute Gasteiger partial charge is 0.228 e. The Morgan fingerprint density at radius 2 is 2.11 bits per heavy atom. The normalized spacial score (nSPS) is 23.7. The van der Waals surface area contributed by atoms with E-state index >= 15 is 0 Å². The summed E-state index contributed by atoms with van der Waals surface area (Å²) in [5.74, 6) is 0.961. The molecule has 8 nitrogen and oxygen atoms in total. The zero-order valence-corrected chi connectivity index (χ0v) is 15.8. The van der Waals surface area contributed by atoms with E-state index in [0.717, 1.165) is 17.8 Å². The van der Waals surface area contributed by atoms with Crippen molar-refractivity contribution >= 4 is 27.1 Å². The highest BCUT2D eigenvalue weighted by atomic mass is 32.2. The molecule has 2 aromatic rings. The van der Waals surface area contributed by atoms with Gasteiger partial charge in [-0.1, -0.05) is 0 Å². The molecule has 0 unspecified atom stereocenters. The quantitative estimate of drug-likeness (QED) is 0.800. The monoisotopic (exact) mass is 390 g/mol. The number of amides is 1. The molecule has 1 aliphatic heterocycles. The zero-order chi connectivity index (χ0) is 19.0. The molecule has 0 bridgehead atoms. The molecular formula is C18H22N4O4S. The van der Waals surface area contributed by atoms with E-state index in [1.165, 1.54) is 0 Å². The Kier molecular flexibility index (Phi) is 4.55. The molecule has 2 aliphatic rings. The van der Waals surface area contributed by atoms with E-state index < -0.39 is 9.84 Å². The summed E-state index contributed by atoms with van der Waals surface area (Å²) in [5.41, 5.74) is 2.49. The molecule has 2 atom stereocenters. The molecule has 0 spiro atoms. The van der Waals surface area contributed by atoms with E-state index in [2.05, 4.69) is 15.3 Å². The summed E-state index contributed by atoms with van der Waals surface area (Å²) in [6.07, 6.45) is 4.18. The summed E-state index contributed by atoms with van der Waals surface area (Å²) in [7, 11) is -1.37. The third-order valence-electron chi connectivity index (χ3n) is 5.20. The van der Waals surface area contributed by atoms with Gasteiger partial charge in [-0.3, -0.25) is 4.79 Å². The standard InChI is InChI=1S/C18H22N4O4S/c1-26-17-8-12(22-4-6-27(24,25)7-5-22)2-3-15(17)21-18(23)14-9-13(14)16-10-19-11-20-16/h2-3,8,10-11,13-14H,4-7,9H2,1H3,(H,19,20)(H,21,23)/t13-,14-/m1/s1. The van der Waals surface area contributed by atoms with Crippen LogP contribution < -0.4 is 15.0 Å².